The Morgan fingerprint density at radius 3 is 2.83 bits per heavy atom. The third-order valence-electron chi connectivity index (χ3n) is 2.87. The summed E-state index contributed by atoms with van der Waals surface area (Å²) in [6, 6.07) is 0. The first-order chi connectivity index (χ1) is 8.66. The molecule has 1 fully saturated rings. The first-order valence-corrected chi connectivity index (χ1v) is 6.01. The topological polar surface area (TPSA) is 75.5 Å². The van der Waals surface area contributed by atoms with E-state index in [1.165, 1.54) is 25.2 Å². The highest BCUT2D eigenvalue weighted by molar-refractivity contribution is 5.84. The molecule has 6 heteroatoms. The highest BCUT2D eigenvalue weighted by Gasteiger charge is 2.21. The maximum atomic E-state index is 10.6. The van der Waals surface area contributed by atoms with E-state index in [-0.39, 0.29) is 5.69 Å². The minimum absolute atomic E-state index is 0.0443. The third-order valence-corrected chi connectivity index (χ3v) is 2.87. The van der Waals surface area contributed by atoms with E-state index in [2.05, 4.69) is 9.97 Å². The number of nitrogens with zero attached hydrogens (tertiary/aromatic N) is 3. The zero-order chi connectivity index (χ0) is 13.0. The zero-order valence-electron chi connectivity index (χ0n) is 10.4. The van der Waals surface area contributed by atoms with Gasteiger partial charge in [-0.3, -0.25) is 0 Å². The number of anilines is 1. The van der Waals surface area contributed by atoms with Gasteiger partial charge in [0.2, 0.25) is 0 Å². The number of likely N-dealkylation sites (N-methyl/N-ethyl adjacent to an activating group) is 1. The molecule has 0 saturated heterocycles. The fraction of sp³-hybridized carbons (Fsp3) is 0.583. The van der Waals surface area contributed by atoms with Crippen molar-refractivity contribution in [2.75, 3.05) is 31.7 Å². The van der Waals surface area contributed by atoms with Crippen molar-refractivity contribution in [3.63, 3.8) is 0 Å². The van der Waals surface area contributed by atoms with E-state index in [0.717, 1.165) is 12.5 Å². The second-order valence-electron chi connectivity index (χ2n) is 4.50. The van der Waals surface area contributed by atoms with E-state index in [4.69, 9.17) is 9.84 Å². The standard InChI is InChI=1S/C12H17N3O3/c1-15(4-5-18-8-9-2-3-9)11-7-13-10(6-14-11)12(16)17/h6-7,9H,2-5,8H2,1H3,(H,16,17). The molecule has 6 nitrogen and oxygen atoms in total. The van der Waals surface area contributed by atoms with Gasteiger partial charge in [0.1, 0.15) is 5.82 Å². The molecule has 0 radical (unpaired) electrons. The van der Waals surface area contributed by atoms with Gasteiger partial charge in [0.15, 0.2) is 5.69 Å². The molecule has 0 atom stereocenters. The maximum absolute atomic E-state index is 10.6. The number of hydrogen-bond donors (Lipinski definition) is 1. The van der Waals surface area contributed by atoms with Crippen LogP contribution in [-0.2, 0) is 4.74 Å². The lowest BCUT2D eigenvalue weighted by molar-refractivity contribution is 0.0690. The van der Waals surface area contributed by atoms with Crippen LogP contribution in [0.25, 0.3) is 0 Å². The van der Waals surface area contributed by atoms with Crippen LogP contribution in [0.5, 0.6) is 0 Å². The van der Waals surface area contributed by atoms with Gasteiger partial charge in [0, 0.05) is 20.2 Å². The molecule has 1 aromatic heterocycles. The van der Waals surface area contributed by atoms with E-state index >= 15 is 0 Å². The van der Waals surface area contributed by atoms with Gasteiger partial charge in [0.05, 0.1) is 19.0 Å². The summed E-state index contributed by atoms with van der Waals surface area (Å²) in [7, 11) is 1.88. The van der Waals surface area contributed by atoms with Crippen LogP contribution in [0, 0.1) is 5.92 Å². The normalized spacial score (nSPS) is 14.5. The van der Waals surface area contributed by atoms with Gasteiger partial charge in [-0.1, -0.05) is 0 Å². The number of hydrogen-bond acceptors (Lipinski definition) is 5. The van der Waals surface area contributed by atoms with Crippen molar-refractivity contribution in [3.05, 3.63) is 18.1 Å². The van der Waals surface area contributed by atoms with Crippen LogP contribution in [0.1, 0.15) is 23.3 Å². The highest BCUT2D eigenvalue weighted by atomic mass is 16.5. The molecule has 0 spiro atoms. The first-order valence-electron chi connectivity index (χ1n) is 6.01. The number of aromatic nitrogens is 2. The summed E-state index contributed by atoms with van der Waals surface area (Å²) in [6.45, 7) is 2.21. The van der Waals surface area contributed by atoms with E-state index < -0.39 is 5.97 Å². The van der Waals surface area contributed by atoms with Crippen LogP contribution in [0.2, 0.25) is 0 Å². The molecule has 1 saturated carbocycles. The SMILES string of the molecule is CN(CCOCC1CC1)c1cnc(C(=O)O)cn1. The van der Waals surface area contributed by atoms with Crippen LogP contribution < -0.4 is 4.90 Å². The summed E-state index contributed by atoms with van der Waals surface area (Å²) in [5.41, 5.74) is -0.0443. The van der Waals surface area contributed by atoms with Crippen LogP contribution in [0.3, 0.4) is 0 Å². The van der Waals surface area contributed by atoms with Crippen molar-refractivity contribution in [1.82, 2.24) is 9.97 Å². The average Bonchev–Trinajstić information content (AvgIpc) is 3.18. The van der Waals surface area contributed by atoms with E-state index in [1.807, 2.05) is 11.9 Å². The van der Waals surface area contributed by atoms with Crippen LogP contribution in [0.4, 0.5) is 5.82 Å². The highest BCUT2D eigenvalue weighted by Crippen LogP contribution is 2.28. The Balaban J connectivity index is 1.76. The van der Waals surface area contributed by atoms with Crippen molar-refractivity contribution in [1.29, 1.82) is 0 Å². The van der Waals surface area contributed by atoms with E-state index in [0.29, 0.717) is 19.0 Å². The van der Waals surface area contributed by atoms with Crippen LogP contribution in [0.15, 0.2) is 12.4 Å². The van der Waals surface area contributed by atoms with Gasteiger partial charge in [-0.05, 0) is 18.8 Å². The second kappa shape index (κ2) is 5.77. The summed E-state index contributed by atoms with van der Waals surface area (Å²) >= 11 is 0. The van der Waals surface area contributed by atoms with Crippen molar-refractivity contribution >= 4 is 11.8 Å². The number of carboxylic acid groups (broad SMARTS) is 1. The molecule has 1 N–H and O–H groups in total. The molecule has 1 aliphatic carbocycles. The summed E-state index contributed by atoms with van der Waals surface area (Å²) in [5, 5.41) is 8.71. The second-order valence-corrected chi connectivity index (χ2v) is 4.50. The fourth-order valence-electron chi connectivity index (χ4n) is 1.48. The monoisotopic (exact) mass is 251 g/mol. The quantitative estimate of drug-likeness (QED) is 0.730. The first kappa shape index (κ1) is 12.8. The Hall–Kier alpha value is -1.69. The van der Waals surface area contributed by atoms with Gasteiger partial charge >= 0.3 is 5.97 Å². The molecule has 18 heavy (non-hydrogen) atoms. The Morgan fingerprint density at radius 2 is 2.28 bits per heavy atom. The Kier molecular flexibility index (Phi) is 4.09. The van der Waals surface area contributed by atoms with E-state index in [1.54, 1.807) is 0 Å². The van der Waals surface area contributed by atoms with Crippen molar-refractivity contribution in [2.45, 2.75) is 12.8 Å². The summed E-state index contributed by atoms with van der Waals surface area (Å²) < 4.78 is 5.53. The number of rotatable bonds is 7. The predicted octanol–water partition coefficient (Wildman–Crippen LogP) is 1.04. The molecule has 0 aromatic carbocycles. The number of aromatic carboxylic acids is 1. The van der Waals surface area contributed by atoms with Gasteiger partial charge < -0.3 is 14.7 Å². The van der Waals surface area contributed by atoms with Crippen LogP contribution >= 0.6 is 0 Å². The molecule has 1 aromatic rings. The summed E-state index contributed by atoms with van der Waals surface area (Å²) in [4.78, 5) is 20.4. The fourth-order valence-corrected chi connectivity index (χ4v) is 1.48. The van der Waals surface area contributed by atoms with Crippen LogP contribution in [-0.4, -0.2) is 47.8 Å². The molecule has 0 amide bonds. The molecule has 1 heterocycles. The number of carbonyl (C=O) groups is 1. The minimum atomic E-state index is -1.07. The van der Waals surface area contributed by atoms with Gasteiger partial charge in [-0.15, -0.1) is 0 Å². The zero-order valence-corrected chi connectivity index (χ0v) is 10.4. The molecule has 1 aliphatic rings. The third kappa shape index (κ3) is 3.66. The molecule has 0 aliphatic heterocycles. The van der Waals surface area contributed by atoms with Crippen molar-refractivity contribution < 1.29 is 14.6 Å². The van der Waals surface area contributed by atoms with Gasteiger partial charge in [-0.2, -0.15) is 0 Å². The smallest absolute Gasteiger partial charge is 0.356 e. The number of ether oxygens (including phenoxy) is 1. The lowest BCUT2D eigenvalue weighted by atomic mass is 10.4. The van der Waals surface area contributed by atoms with Crippen molar-refractivity contribution in [3.8, 4) is 0 Å². The molecule has 98 valence electrons. The number of carboxylic acids is 1. The van der Waals surface area contributed by atoms with E-state index in [9.17, 15) is 4.79 Å². The largest absolute Gasteiger partial charge is 0.476 e. The molecular formula is C12H17N3O3. The molecule has 0 bridgehead atoms. The molecule has 0 unspecified atom stereocenters. The average molecular weight is 251 g/mol. The lowest BCUT2D eigenvalue weighted by Crippen LogP contribution is -2.24. The summed E-state index contributed by atoms with van der Waals surface area (Å²) in [5.74, 6) is 0.351. The predicted molar refractivity (Wildman–Crippen MR) is 65.8 cm³/mol. The summed E-state index contributed by atoms with van der Waals surface area (Å²) in [6.07, 6.45) is 5.31. The maximum Gasteiger partial charge on any atom is 0.356 e. The van der Waals surface area contributed by atoms with Crippen molar-refractivity contribution in [2.24, 2.45) is 5.92 Å². The minimum Gasteiger partial charge on any atom is -0.476 e. The van der Waals surface area contributed by atoms with Gasteiger partial charge in [0.25, 0.3) is 0 Å². The van der Waals surface area contributed by atoms with Gasteiger partial charge in [-0.25, -0.2) is 14.8 Å². The molecular weight excluding hydrogens is 234 g/mol. The Labute approximate surface area is 106 Å². The Bertz CT molecular complexity index is 404. The Morgan fingerprint density at radius 1 is 1.50 bits per heavy atom. The molecule has 2 rings (SSSR count). The lowest BCUT2D eigenvalue weighted by Gasteiger charge is -2.17.